The van der Waals surface area contributed by atoms with Gasteiger partial charge in [-0.25, -0.2) is 9.59 Å². The van der Waals surface area contributed by atoms with Crippen molar-refractivity contribution in [3.8, 4) is 0 Å². The molecule has 0 radical (unpaired) electrons. The van der Waals surface area contributed by atoms with Crippen LogP contribution in [0.15, 0.2) is 60.7 Å². The monoisotopic (exact) mass is 456 g/mol. The van der Waals surface area contributed by atoms with Gasteiger partial charge in [0.15, 0.2) is 0 Å². The second kappa shape index (κ2) is 12.0. The van der Waals surface area contributed by atoms with Crippen LogP contribution in [0.1, 0.15) is 38.8 Å². The zero-order chi connectivity index (χ0) is 24.4. The van der Waals surface area contributed by atoms with Gasteiger partial charge in [0.25, 0.3) is 0 Å². The number of hydrogen-bond acceptors (Lipinski definition) is 7. The van der Waals surface area contributed by atoms with Crippen LogP contribution in [0.3, 0.4) is 0 Å². The summed E-state index contributed by atoms with van der Waals surface area (Å²) in [6, 6.07) is 16.5. The minimum atomic E-state index is -1.19. The summed E-state index contributed by atoms with van der Waals surface area (Å²) in [5.74, 6) is -1.46. The van der Waals surface area contributed by atoms with E-state index in [9.17, 15) is 14.4 Å². The van der Waals surface area contributed by atoms with Crippen LogP contribution in [-0.2, 0) is 36.6 Å². The molecule has 2 aromatic carbocycles. The third-order valence-electron chi connectivity index (χ3n) is 4.42. The fourth-order valence-corrected chi connectivity index (χ4v) is 2.96. The first-order chi connectivity index (χ1) is 15.5. The van der Waals surface area contributed by atoms with Gasteiger partial charge < -0.3 is 25.3 Å². The fraction of sp³-hybridized carbons (Fsp3) is 0.400. The van der Waals surface area contributed by atoms with Crippen molar-refractivity contribution in [2.24, 2.45) is 5.73 Å². The van der Waals surface area contributed by atoms with Crippen molar-refractivity contribution < 1.29 is 28.6 Å². The van der Waals surface area contributed by atoms with Gasteiger partial charge in [-0.15, -0.1) is 0 Å². The Balaban J connectivity index is 1.97. The third kappa shape index (κ3) is 9.74. The maximum atomic E-state index is 12.8. The largest absolute Gasteiger partial charge is 0.444 e. The molecule has 3 unspecified atom stereocenters. The summed E-state index contributed by atoms with van der Waals surface area (Å²) in [5.41, 5.74) is 6.89. The number of carbonyl (C=O) groups excluding carboxylic acids is 3. The molecule has 0 aliphatic carbocycles. The van der Waals surface area contributed by atoms with Crippen LogP contribution in [0.2, 0.25) is 0 Å². The standard InChI is InChI=1S/C25H32N2O6/c1-17(31-22(28)20(26)15-18-11-7-5-8-12-18)32-23(29)21(16-19-13-9-6-10-14-19)27-24(30)33-25(2,3)4/h5-14,17,20-21H,15-16,26H2,1-4H3,(H,27,30). The van der Waals surface area contributed by atoms with Gasteiger partial charge >= 0.3 is 18.0 Å². The molecule has 0 bridgehead atoms. The Morgan fingerprint density at radius 3 is 1.85 bits per heavy atom. The molecule has 8 nitrogen and oxygen atoms in total. The lowest BCUT2D eigenvalue weighted by Gasteiger charge is -2.24. The summed E-state index contributed by atoms with van der Waals surface area (Å²) < 4.78 is 15.7. The molecule has 178 valence electrons. The van der Waals surface area contributed by atoms with Gasteiger partial charge in [0.05, 0.1) is 0 Å². The average Bonchev–Trinajstić information content (AvgIpc) is 2.73. The van der Waals surface area contributed by atoms with Crippen LogP contribution in [0, 0.1) is 0 Å². The highest BCUT2D eigenvalue weighted by Gasteiger charge is 2.28. The second-order valence-electron chi connectivity index (χ2n) is 8.63. The molecule has 0 fully saturated rings. The number of hydrogen-bond donors (Lipinski definition) is 2. The van der Waals surface area contributed by atoms with Crippen LogP contribution < -0.4 is 11.1 Å². The molecule has 0 spiro atoms. The first-order valence-corrected chi connectivity index (χ1v) is 10.8. The Hall–Kier alpha value is -3.39. The lowest BCUT2D eigenvalue weighted by Crippen LogP contribution is -2.46. The number of amides is 1. The van der Waals surface area contributed by atoms with E-state index in [1.54, 1.807) is 20.8 Å². The number of nitrogens with one attached hydrogen (secondary N) is 1. The summed E-state index contributed by atoms with van der Waals surface area (Å²) in [5, 5.41) is 2.54. The lowest BCUT2D eigenvalue weighted by atomic mass is 10.1. The Morgan fingerprint density at radius 1 is 0.848 bits per heavy atom. The number of benzene rings is 2. The normalized spacial score (nSPS) is 13.8. The average molecular weight is 457 g/mol. The predicted molar refractivity (Wildman–Crippen MR) is 123 cm³/mol. The molecule has 0 aliphatic rings. The molecule has 1 amide bonds. The Kier molecular flexibility index (Phi) is 9.42. The van der Waals surface area contributed by atoms with Crippen LogP contribution >= 0.6 is 0 Å². The van der Waals surface area contributed by atoms with Crippen LogP contribution in [0.25, 0.3) is 0 Å². The van der Waals surface area contributed by atoms with Gasteiger partial charge in [0.2, 0.25) is 6.29 Å². The van der Waals surface area contributed by atoms with E-state index in [0.717, 1.165) is 11.1 Å². The molecule has 0 aromatic heterocycles. The van der Waals surface area contributed by atoms with Crippen molar-refractivity contribution in [2.45, 2.75) is 64.5 Å². The number of carbonyl (C=O) groups is 3. The molecule has 3 N–H and O–H groups in total. The van der Waals surface area contributed by atoms with Crippen LogP contribution in [-0.4, -0.2) is 42.0 Å². The van der Waals surface area contributed by atoms with Crippen molar-refractivity contribution in [2.75, 3.05) is 0 Å². The maximum Gasteiger partial charge on any atom is 0.408 e. The quantitative estimate of drug-likeness (QED) is 0.440. The van der Waals surface area contributed by atoms with E-state index in [0.29, 0.717) is 0 Å². The number of nitrogens with two attached hydrogens (primary N) is 1. The summed E-state index contributed by atoms with van der Waals surface area (Å²) in [6.45, 7) is 6.57. The predicted octanol–water partition coefficient (Wildman–Crippen LogP) is 3.12. The Labute approximate surface area is 194 Å². The minimum Gasteiger partial charge on any atom is -0.444 e. The molecule has 0 heterocycles. The summed E-state index contributed by atoms with van der Waals surface area (Å²) in [7, 11) is 0. The van der Waals surface area contributed by atoms with Gasteiger partial charge in [-0.3, -0.25) is 4.79 Å². The molecular weight excluding hydrogens is 424 g/mol. The van der Waals surface area contributed by atoms with Crippen LogP contribution in [0.5, 0.6) is 0 Å². The van der Waals surface area contributed by atoms with E-state index in [4.69, 9.17) is 19.9 Å². The smallest absolute Gasteiger partial charge is 0.408 e. The first-order valence-electron chi connectivity index (χ1n) is 10.8. The van der Waals surface area contributed by atoms with E-state index < -0.39 is 42.0 Å². The molecule has 2 aromatic rings. The van der Waals surface area contributed by atoms with Gasteiger partial charge in [-0.1, -0.05) is 60.7 Å². The SMILES string of the molecule is CC(OC(=O)C(N)Cc1ccccc1)OC(=O)C(Cc1ccccc1)NC(=O)OC(C)(C)C. The summed E-state index contributed by atoms with van der Waals surface area (Å²) in [4.78, 5) is 37.3. The van der Waals surface area contributed by atoms with Crippen molar-refractivity contribution in [3.63, 3.8) is 0 Å². The van der Waals surface area contributed by atoms with Gasteiger partial charge in [-0.05, 0) is 38.3 Å². The molecule has 8 heteroatoms. The third-order valence-corrected chi connectivity index (χ3v) is 4.42. The number of alkyl carbamates (subject to hydrolysis) is 1. The van der Waals surface area contributed by atoms with E-state index in [-0.39, 0.29) is 12.8 Å². The second-order valence-corrected chi connectivity index (χ2v) is 8.63. The zero-order valence-electron chi connectivity index (χ0n) is 19.4. The zero-order valence-corrected chi connectivity index (χ0v) is 19.4. The fourth-order valence-electron chi connectivity index (χ4n) is 2.96. The van der Waals surface area contributed by atoms with Crippen molar-refractivity contribution in [1.29, 1.82) is 0 Å². The number of esters is 2. The van der Waals surface area contributed by atoms with E-state index >= 15 is 0 Å². The van der Waals surface area contributed by atoms with Crippen LogP contribution in [0.4, 0.5) is 4.79 Å². The van der Waals surface area contributed by atoms with E-state index in [2.05, 4.69) is 5.32 Å². The Bertz CT molecular complexity index is 911. The molecule has 0 saturated carbocycles. The lowest BCUT2D eigenvalue weighted by molar-refractivity contribution is -0.186. The van der Waals surface area contributed by atoms with Gasteiger partial charge in [-0.2, -0.15) is 0 Å². The Morgan fingerprint density at radius 2 is 1.33 bits per heavy atom. The topological polar surface area (TPSA) is 117 Å². The first kappa shape index (κ1) is 25.9. The molecule has 2 rings (SSSR count). The van der Waals surface area contributed by atoms with Crippen molar-refractivity contribution >= 4 is 18.0 Å². The summed E-state index contributed by atoms with van der Waals surface area (Å²) in [6.07, 6.45) is -1.48. The molecule has 0 saturated heterocycles. The summed E-state index contributed by atoms with van der Waals surface area (Å²) >= 11 is 0. The number of ether oxygens (including phenoxy) is 3. The van der Waals surface area contributed by atoms with Crippen molar-refractivity contribution in [1.82, 2.24) is 5.32 Å². The van der Waals surface area contributed by atoms with E-state index in [1.165, 1.54) is 6.92 Å². The molecular formula is C25H32N2O6. The van der Waals surface area contributed by atoms with Gasteiger partial charge in [0.1, 0.15) is 17.7 Å². The van der Waals surface area contributed by atoms with Gasteiger partial charge in [0, 0.05) is 13.3 Å². The highest BCUT2D eigenvalue weighted by atomic mass is 16.7. The van der Waals surface area contributed by atoms with Crippen molar-refractivity contribution in [3.05, 3.63) is 71.8 Å². The molecule has 0 aliphatic heterocycles. The number of rotatable bonds is 9. The van der Waals surface area contributed by atoms with E-state index in [1.807, 2.05) is 60.7 Å². The molecule has 33 heavy (non-hydrogen) atoms. The highest BCUT2D eigenvalue weighted by Crippen LogP contribution is 2.11. The minimum absolute atomic E-state index is 0.174. The highest BCUT2D eigenvalue weighted by molar-refractivity contribution is 5.82. The maximum absolute atomic E-state index is 12.8. The molecule has 3 atom stereocenters.